The zero-order valence-corrected chi connectivity index (χ0v) is 22.4. The van der Waals surface area contributed by atoms with E-state index in [-0.39, 0.29) is 4.90 Å². The summed E-state index contributed by atoms with van der Waals surface area (Å²) in [5, 5.41) is 0. The minimum absolute atomic E-state index is 0.0666. The molecule has 1 radical (unpaired) electrons. The van der Waals surface area contributed by atoms with E-state index in [9.17, 15) is 8.42 Å². The van der Waals surface area contributed by atoms with Gasteiger partial charge >= 0.3 is 141 Å². The number of benzene rings is 4. The van der Waals surface area contributed by atoms with Gasteiger partial charge in [0.05, 0.1) is 4.90 Å². The monoisotopic (exact) mass is 565 g/mol. The first-order valence-corrected chi connectivity index (χ1v) is 18.4. The second kappa shape index (κ2) is 12.7. The Morgan fingerprint density at radius 1 is 0.576 bits per heavy atom. The summed E-state index contributed by atoms with van der Waals surface area (Å²) in [4.78, 5) is -0.0666. The van der Waals surface area contributed by atoms with E-state index in [1.165, 1.54) is 42.1 Å². The van der Waals surface area contributed by atoms with Gasteiger partial charge in [-0.3, -0.25) is 4.55 Å². The molecule has 4 aromatic rings. The van der Waals surface area contributed by atoms with Crippen LogP contribution < -0.4 is 0 Å². The van der Waals surface area contributed by atoms with Crippen LogP contribution in [-0.2, 0) is 23.4 Å². The molecule has 0 aromatic heterocycles. The van der Waals surface area contributed by atoms with Gasteiger partial charge in [0, 0.05) is 0 Å². The number of aryl methyl sites for hydroxylation is 1. The average Bonchev–Trinajstić information content (AvgIpc) is 2.81. The quantitative estimate of drug-likeness (QED) is 0.219. The van der Waals surface area contributed by atoms with Crippen molar-refractivity contribution >= 4 is 29.9 Å². The van der Waals surface area contributed by atoms with Crippen LogP contribution in [0.3, 0.4) is 0 Å². The first kappa shape index (κ1) is 25.2. The molecule has 0 bridgehead atoms. The summed E-state index contributed by atoms with van der Waals surface area (Å²) in [7, 11) is -4.02. The third-order valence-electron chi connectivity index (χ3n) is 5.21. The Labute approximate surface area is 204 Å². The molecule has 0 aliphatic rings. The Balaban J connectivity index is 0.000000235. The van der Waals surface area contributed by atoms with E-state index in [0.29, 0.717) is 0 Å². The summed E-state index contributed by atoms with van der Waals surface area (Å²) >= 11 is -1.56. The minimum atomic E-state index is -4.02. The normalized spacial score (nSPS) is 11.0. The fourth-order valence-electron chi connectivity index (χ4n) is 3.55. The second-order valence-electron chi connectivity index (χ2n) is 8.03. The predicted octanol–water partition coefficient (Wildman–Crippen LogP) is 6.07. The molecular weight excluding hydrogens is 535 g/mol. The topological polar surface area (TPSA) is 54.4 Å². The summed E-state index contributed by atoms with van der Waals surface area (Å²) in [5.41, 5.74) is 5.51. The Morgan fingerprint density at radius 2 is 0.909 bits per heavy atom. The first-order valence-electron chi connectivity index (χ1n) is 10.9. The van der Waals surface area contributed by atoms with Gasteiger partial charge in [0.25, 0.3) is 10.1 Å². The van der Waals surface area contributed by atoms with Crippen molar-refractivity contribution in [2.75, 3.05) is 0 Å². The van der Waals surface area contributed by atoms with E-state index in [2.05, 4.69) is 91.0 Å². The Kier molecular flexibility index (Phi) is 9.73. The van der Waals surface area contributed by atoms with Gasteiger partial charge in [0.2, 0.25) is 0 Å². The molecule has 3 nitrogen and oxygen atoms in total. The van der Waals surface area contributed by atoms with Crippen molar-refractivity contribution in [3.05, 3.63) is 138 Å². The van der Waals surface area contributed by atoms with Crippen LogP contribution in [0.5, 0.6) is 0 Å². The van der Waals surface area contributed by atoms with Crippen molar-refractivity contribution in [2.45, 2.75) is 25.1 Å². The standard InChI is InChI=1S/C7H8O3S.3C7H7.Sn/c1-6-2-4-7(5-3-6)11(8,9)10;3*1-7-5-3-2-4-6-7;/h2-5H,1H3,(H,8,9,10);3*2-6H,1H2;. The summed E-state index contributed by atoms with van der Waals surface area (Å²) < 4.78 is 33.5. The Morgan fingerprint density at radius 3 is 1.21 bits per heavy atom. The Hall–Kier alpha value is -2.41. The van der Waals surface area contributed by atoms with Crippen LogP contribution in [0.2, 0.25) is 0 Å². The summed E-state index contributed by atoms with van der Waals surface area (Å²) in [6, 6.07) is 39.1. The van der Waals surface area contributed by atoms with Gasteiger partial charge in [-0.25, -0.2) is 0 Å². The zero-order valence-electron chi connectivity index (χ0n) is 18.8. The third kappa shape index (κ3) is 9.16. The van der Waals surface area contributed by atoms with Crippen molar-refractivity contribution in [3.63, 3.8) is 0 Å². The molecule has 0 heterocycles. The molecule has 1 N–H and O–H groups in total. The van der Waals surface area contributed by atoms with Gasteiger partial charge in [0.15, 0.2) is 0 Å². The van der Waals surface area contributed by atoms with Crippen molar-refractivity contribution in [1.82, 2.24) is 0 Å². The molecule has 4 rings (SSSR count). The molecular formula is C28H29O3SSn. The zero-order chi connectivity index (χ0) is 23.5. The molecule has 0 aliphatic heterocycles. The van der Waals surface area contributed by atoms with Gasteiger partial charge in [-0.2, -0.15) is 8.42 Å². The second-order valence-corrected chi connectivity index (χ2v) is 16.8. The van der Waals surface area contributed by atoms with E-state index in [1.807, 2.05) is 6.92 Å². The average molecular weight is 564 g/mol. The predicted molar refractivity (Wildman–Crippen MR) is 137 cm³/mol. The molecule has 0 fully saturated rings. The summed E-state index contributed by atoms with van der Waals surface area (Å²) in [6.07, 6.45) is 0. The van der Waals surface area contributed by atoms with Crippen LogP contribution in [0.1, 0.15) is 22.3 Å². The van der Waals surface area contributed by atoms with Crippen LogP contribution in [0.15, 0.2) is 120 Å². The number of hydrogen-bond donors (Lipinski definition) is 1. The molecule has 4 aromatic carbocycles. The van der Waals surface area contributed by atoms with E-state index >= 15 is 0 Å². The fourth-order valence-corrected chi connectivity index (χ4v) is 12.1. The van der Waals surface area contributed by atoms with Crippen LogP contribution in [0.4, 0.5) is 0 Å². The van der Waals surface area contributed by atoms with E-state index in [0.717, 1.165) is 5.56 Å². The van der Waals surface area contributed by atoms with Crippen LogP contribution in [-0.4, -0.2) is 32.7 Å². The fraction of sp³-hybridized carbons (Fsp3) is 0.143. The van der Waals surface area contributed by atoms with Crippen molar-refractivity contribution < 1.29 is 13.0 Å². The van der Waals surface area contributed by atoms with E-state index in [4.69, 9.17) is 4.55 Å². The molecule has 33 heavy (non-hydrogen) atoms. The molecule has 0 amide bonds. The molecule has 0 unspecified atom stereocenters. The van der Waals surface area contributed by atoms with Gasteiger partial charge in [0.1, 0.15) is 0 Å². The molecule has 0 saturated carbocycles. The van der Waals surface area contributed by atoms with E-state index < -0.39 is 29.9 Å². The van der Waals surface area contributed by atoms with Crippen LogP contribution in [0.25, 0.3) is 0 Å². The van der Waals surface area contributed by atoms with Gasteiger partial charge in [-0.1, -0.05) is 17.7 Å². The van der Waals surface area contributed by atoms with Crippen molar-refractivity contribution in [2.24, 2.45) is 0 Å². The maximum atomic E-state index is 10.5. The SMILES string of the molecule is Cc1ccc(S(=O)(=O)O)cc1.c1ccc([CH2][Sn]([CH2]c2ccccc2)[CH2]c2ccccc2)cc1. The van der Waals surface area contributed by atoms with Gasteiger partial charge < -0.3 is 0 Å². The number of hydrogen-bond acceptors (Lipinski definition) is 2. The molecule has 0 atom stereocenters. The summed E-state index contributed by atoms with van der Waals surface area (Å²) in [6.45, 7) is 1.84. The molecule has 0 spiro atoms. The van der Waals surface area contributed by atoms with Crippen molar-refractivity contribution in [1.29, 1.82) is 0 Å². The molecule has 169 valence electrons. The molecule has 0 aliphatic carbocycles. The van der Waals surface area contributed by atoms with Gasteiger partial charge in [-0.15, -0.1) is 0 Å². The van der Waals surface area contributed by atoms with E-state index in [1.54, 1.807) is 12.1 Å². The Bertz CT molecular complexity index is 1100. The van der Waals surface area contributed by atoms with Crippen LogP contribution >= 0.6 is 0 Å². The number of rotatable bonds is 7. The summed E-state index contributed by atoms with van der Waals surface area (Å²) in [5.74, 6) is 0. The van der Waals surface area contributed by atoms with Crippen molar-refractivity contribution in [3.8, 4) is 0 Å². The van der Waals surface area contributed by atoms with Gasteiger partial charge in [-0.05, 0) is 19.1 Å². The maximum absolute atomic E-state index is 10.5. The first-order chi connectivity index (χ1) is 15.9. The molecule has 5 heteroatoms. The third-order valence-corrected chi connectivity index (χ3v) is 13.9. The van der Waals surface area contributed by atoms with Crippen LogP contribution in [0, 0.1) is 6.92 Å². The molecule has 0 saturated heterocycles.